The quantitative estimate of drug-likeness (QED) is 0.672. The summed E-state index contributed by atoms with van der Waals surface area (Å²) in [4.78, 5) is 15.1. The van der Waals surface area contributed by atoms with E-state index in [2.05, 4.69) is 25.8 Å². The summed E-state index contributed by atoms with van der Waals surface area (Å²) < 4.78 is 5.02. The van der Waals surface area contributed by atoms with Crippen LogP contribution < -0.4 is 15.4 Å². The van der Waals surface area contributed by atoms with E-state index in [4.69, 9.17) is 4.74 Å². The van der Waals surface area contributed by atoms with Crippen molar-refractivity contribution in [2.24, 2.45) is 0 Å². The van der Waals surface area contributed by atoms with Gasteiger partial charge in [-0.25, -0.2) is 9.89 Å². The number of carbonyl (C=O) groups excluding carboxylic acids is 1. The molecule has 0 radical (unpaired) electrons. The molecule has 0 aliphatic carbocycles. The van der Waals surface area contributed by atoms with E-state index in [1.807, 2.05) is 13.8 Å². The Morgan fingerprint density at radius 2 is 2.33 bits per heavy atom. The van der Waals surface area contributed by atoms with E-state index in [9.17, 15) is 4.79 Å². The van der Waals surface area contributed by atoms with Gasteiger partial charge in [-0.1, -0.05) is 6.92 Å². The summed E-state index contributed by atoms with van der Waals surface area (Å²) in [6.07, 6.45) is 0.883. The topological polar surface area (TPSA) is 91.9 Å². The molecule has 1 heterocycles. The molecule has 15 heavy (non-hydrogen) atoms. The second-order valence-corrected chi connectivity index (χ2v) is 2.78. The highest BCUT2D eigenvalue weighted by Crippen LogP contribution is 2.04. The monoisotopic (exact) mass is 213 g/mol. The lowest BCUT2D eigenvalue weighted by molar-refractivity contribution is 0.252. The van der Waals surface area contributed by atoms with Gasteiger partial charge in [-0.05, 0) is 13.3 Å². The number of aromatic amines is 1. The summed E-state index contributed by atoms with van der Waals surface area (Å²) in [6.45, 7) is 4.91. The lowest BCUT2D eigenvalue weighted by Gasteiger charge is -2.02. The third kappa shape index (κ3) is 3.84. The Morgan fingerprint density at radius 3 is 3.00 bits per heavy atom. The third-order valence-corrected chi connectivity index (χ3v) is 1.51. The lowest BCUT2D eigenvalue weighted by Crippen LogP contribution is -2.29. The van der Waals surface area contributed by atoms with E-state index < -0.39 is 0 Å². The molecule has 1 aromatic heterocycles. The number of rotatable bonds is 5. The summed E-state index contributed by atoms with van der Waals surface area (Å²) in [5, 5.41) is 11.4. The molecule has 1 rings (SSSR count). The van der Waals surface area contributed by atoms with Crippen LogP contribution in [-0.2, 0) is 0 Å². The summed E-state index contributed by atoms with van der Waals surface area (Å²) >= 11 is 0. The predicted molar refractivity (Wildman–Crippen MR) is 54.9 cm³/mol. The van der Waals surface area contributed by atoms with Crippen molar-refractivity contribution in [3.8, 4) is 6.01 Å². The number of hydrogen-bond donors (Lipinski definition) is 3. The summed E-state index contributed by atoms with van der Waals surface area (Å²) in [5.41, 5.74) is 0. The highest BCUT2D eigenvalue weighted by molar-refractivity contribution is 5.87. The van der Waals surface area contributed by atoms with Crippen molar-refractivity contribution < 1.29 is 9.53 Å². The molecule has 0 aliphatic rings. The fraction of sp³-hybridized carbons (Fsp3) is 0.625. The van der Waals surface area contributed by atoms with Crippen molar-refractivity contribution in [3.63, 3.8) is 0 Å². The average Bonchev–Trinajstić information content (AvgIpc) is 2.63. The summed E-state index contributed by atoms with van der Waals surface area (Å²) in [5.74, 6) is 0.270. The van der Waals surface area contributed by atoms with Gasteiger partial charge in [-0.15, -0.1) is 5.10 Å². The molecule has 3 N–H and O–H groups in total. The molecule has 0 spiro atoms. The molecule has 0 aromatic carbocycles. The number of hydrogen-bond acceptors (Lipinski definition) is 4. The molecule has 0 atom stereocenters. The van der Waals surface area contributed by atoms with Crippen molar-refractivity contribution in [1.29, 1.82) is 0 Å². The van der Waals surface area contributed by atoms with Crippen LogP contribution in [0.1, 0.15) is 20.3 Å². The minimum Gasteiger partial charge on any atom is -0.463 e. The van der Waals surface area contributed by atoms with Gasteiger partial charge in [-0.2, -0.15) is 4.98 Å². The second-order valence-electron chi connectivity index (χ2n) is 2.78. The van der Waals surface area contributed by atoms with Crippen LogP contribution in [0.3, 0.4) is 0 Å². The van der Waals surface area contributed by atoms with Gasteiger partial charge in [0.2, 0.25) is 5.95 Å². The molecule has 84 valence electrons. The Morgan fingerprint density at radius 1 is 1.53 bits per heavy atom. The molecule has 1 aromatic rings. The Kier molecular flexibility index (Phi) is 4.39. The Bertz CT molecular complexity index is 312. The van der Waals surface area contributed by atoms with Crippen LogP contribution in [0.5, 0.6) is 6.01 Å². The molecule has 0 fully saturated rings. The average molecular weight is 213 g/mol. The Labute approximate surface area is 87.6 Å². The van der Waals surface area contributed by atoms with E-state index in [1.54, 1.807) is 0 Å². The van der Waals surface area contributed by atoms with Crippen molar-refractivity contribution in [2.75, 3.05) is 18.5 Å². The Balaban J connectivity index is 2.39. The molecule has 0 aliphatic heterocycles. The number of carbonyl (C=O) groups is 1. The van der Waals surface area contributed by atoms with Gasteiger partial charge in [0.25, 0.3) is 0 Å². The van der Waals surface area contributed by atoms with Crippen LogP contribution in [-0.4, -0.2) is 34.4 Å². The van der Waals surface area contributed by atoms with Gasteiger partial charge >= 0.3 is 12.0 Å². The normalized spacial score (nSPS) is 9.73. The number of aromatic nitrogens is 3. The highest BCUT2D eigenvalue weighted by Gasteiger charge is 2.06. The molecular formula is C8H15N5O2. The van der Waals surface area contributed by atoms with E-state index in [0.29, 0.717) is 13.2 Å². The molecule has 7 nitrogen and oxygen atoms in total. The standard InChI is InChI=1S/C8H15N5O2/c1-3-5-9-7(14)10-6-11-8(13-12-6)15-4-2/h3-5H2,1-2H3,(H3,9,10,11,12,13,14). The van der Waals surface area contributed by atoms with Crippen LogP contribution in [0, 0.1) is 0 Å². The van der Waals surface area contributed by atoms with Gasteiger partial charge in [0.05, 0.1) is 6.61 Å². The highest BCUT2D eigenvalue weighted by atomic mass is 16.5. The zero-order valence-corrected chi connectivity index (χ0v) is 8.83. The zero-order valence-electron chi connectivity index (χ0n) is 8.83. The number of urea groups is 1. The molecule has 2 amide bonds. The fourth-order valence-electron chi connectivity index (χ4n) is 0.886. The van der Waals surface area contributed by atoms with Gasteiger partial charge in [0.1, 0.15) is 0 Å². The minimum atomic E-state index is -0.309. The van der Waals surface area contributed by atoms with Crippen LogP contribution in [0.15, 0.2) is 0 Å². The first-order valence-electron chi connectivity index (χ1n) is 4.86. The van der Waals surface area contributed by atoms with Gasteiger partial charge < -0.3 is 10.1 Å². The van der Waals surface area contributed by atoms with Crippen molar-refractivity contribution >= 4 is 12.0 Å². The van der Waals surface area contributed by atoms with Gasteiger partial charge in [0.15, 0.2) is 0 Å². The van der Waals surface area contributed by atoms with Crippen molar-refractivity contribution in [3.05, 3.63) is 0 Å². The molecule has 0 saturated heterocycles. The first-order valence-corrected chi connectivity index (χ1v) is 4.86. The molecule has 7 heteroatoms. The smallest absolute Gasteiger partial charge is 0.337 e. The molecule has 0 bridgehead atoms. The van der Waals surface area contributed by atoms with Crippen LogP contribution in [0.25, 0.3) is 0 Å². The third-order valence-electron chi connectivity index (χ3n) is 1.51. The van der Waals surface area contributed by atoms with Crippen molar-refractivity contribution in [1.82, 2.24) is 20.5 Å². The SMILES string of the molecule is CCCNC(=O)Nc1nc(OCC)n[nH]1. The maximum Gasteiger partial charge on any atom is 0.337 e. The first-order chi connectivity index (χ1) is 7.26. The van der Waals surface area contributed by atoms with E-state index in [-0.39, 0.29) is 18.0 Å². The first kappa shape index (κ1) is 11.3. The predicted octanol–water partition coefficient (Wildman–Crippen LogP) is 0.735. The van der Waals surface area contributed by atoms with Crippen molar-refractivity contribution in [2.45, 2.75) is 20.3 Å². The van der Waals surface area contributed by atoms with Crippen LogP contribution >= 0.6 is 0 Å². The number of H-pyrrole nitrogens is 1. The number of anilines is 1. The molecular weight excluding hydrogens is 198 g/mol. The molecule has 0 unspecified atom stereocenters. The fourth-order valence-corrected chi connectivity index (χ4v) is 0.886. The number of nitrogens with one attached hydrogen (secondary N) is 3. The van der Waals surface area contributed by atoms with E-state index in [1.165, 1.54) is 0 Å². The molecule has 0 saturated carbocycles. The maximum absolute atomic E-state index is 11.2. The van der Waals surface area contributed by atoms with Crippen LogP contribution in [0.4, 0.5) is 10.7 Å². The minimum absolute atomic E-state index is 0.225. The van der Waals surface area contributed by atoms with Crippen LogP contribution in [0.2, 0.25) is 0 Å². The maximum atomic E-state index is 11.2. The Hall–Kier alpha value is -1.79. The zero-order chi connectivity index (χ0) is 11.1. The largest absolute Gasteiger partial charge is 0.463 e. The summed E-state index contributed by atoms with van der Waals surface area (Å²) in [7, 11) is 0. The van der Waals surface area contributed by atoms with Gasteiger partial charge in [0, 0.05) is 6.54 Å². The number of ether oxygens (including phenoxy) is 1. The van der Waals surface area contributed by atoms with E-state index in [0.717, 1.165) is 6.42 Å². The van der Waals surface area contributed by atoms with Gasteiger partial charge in [-0.3, -0.25) is 5.32 Å². The number of nitrogens with zero attached hydrogens (tertiary/aromatic N) is 2. The van der Waals surface area contributed by atoms with E-state index >= 15 is 0 Å². The number of amides is 2. The second kappa shape index (κ2) is 5.84. The summed E-state index contributed by atoms with van der Waals surface area (Å²) in [6, 6.07) is -0.0839. The lowest BCUT2D eigenvalue weighted by atomic mass is 10.5.